The Morgan fingerprint density at radius 3 is 2.41 bits per heavy atom. The lowest BCUT2D eigenvalue weighted by molar-refractivity contribution is -0.121. The molecule has 7 nitrogen and oxygen atoms in total. The van der Waals surface area contributed by atoms with Gasteiger partial charge in [-0.15, -0.1) is 0 Å². The van der Waals surface area contributed by atoms with Gasteiger partial charge in [0.2, 0.25) is 11.8 Å². The first-order valence-corrected chi connectivity index (χ1v) is 10.0. The highest BCUT2D eigenvalue weighted by atomic mass is 16.2. The van der Waals surface area contributed by atoms with Gasteiger partial charge in [-0.1, -0.05) is 12.1 Å². The summed E-state index contributed by atoms with van der Waals surface area (Å²) >= 11 is 0. The van der Waals surface area contributed by atoms with Crippen LogP contribution in [-0.4, -0.2) is 47.2 Å². The normalized spacial score (nSPS) is 17.4. The first-order chi connectivity index (χ1) is 14.1. The number of carbonyl (C=O) groups is 3. The molecule has 4 rings (SSSR count). The molecule has 3 amide bonds. The van der Waals surface area contributed by atoms with E-state index in [1.54, 1.807) is 34.3 Å². The zero-order chi connectivity index (χ0) is 20.2. The Bertz CT molecular complexity index is 907. The van der Waals surface area contributed by atoms with Crippen molar-refractivity contribution in [3.8, 4) is 0 Å². The van der Waals surface area contributed by atoms with Gasteiger partial charge >= 0.3 is 0 Å². The Hall–Kier alpha value is -3.22. The predicted molar refractivity (Wildman–Crippen MR) is 110 cm³/mol. The van der Waals surface area contributed by atoms with Crippen molar-refractivity contribution in [2.75, 3.05) is 29.9 Å². The van der Waals surface area contributed by atoms with Gasteiger partial charge in [0, 0.05) is 49.9 Å². The number of pyridine rings is 1. The summed E-state index contributed by atoms with van der Waals surface area (Å²) < 4.78 is 0. The number of carbonyl (C=O) groups excluding carboxylic acids is 3. The minimum Gasteiger partial charge on any atom is -0.339 e. The number of rotatable bonds is 4. The average molecular weight is 392 g/mol. The second-order valence-corrected chi connectivity index (χ2v) is 7.46. The quantitative estimate of drug-likeness (QED) is 0.867. The third-order valence-corrected chi connectivity index (χ3v) is 5.61. The number of amides is 3. The molecule has 1 aromatic heterocycles. The fraction of sp³-hybridized carbons (Fsp3) is 0.364. The molecule has 2 saturated heterocycles. The first-order valence-electron chi connectivity index (χ1n) is 10.0. The number of para-hydroxylation sites is 2. The lowest BCUT2D eigenvalue weighted by Crippen LogP contribution is -2.41. The lowest BCUT2D eigenvalue weighted by Gasteiger charge is -2.31. The molecule has 0 unspecified atom stereocenters. The van der Waals surface area contributed by atoms with Crippen LogP contribution in [0.4, 0.5) is 11.4 Å². The number of nitrogens with one attached hydrogen (secondary N) is 1. The molecule has 0 saturated carbocycles. The van der Waals surface area contributed by atoms with E-state index in [0.717, 1.165) is 12.1 Å². The summed E-state index contributed by atoms with van der Waals surface area (Å²) in [6.07, 6.45) is 5.84. The predicted octanol–water partition coefficient (Wildman–Crippen LogP) is 2.70. The molecule has 150 valence electrons. The molecule has 29 heavy (non-hydrogen) atoms. The molecule has 0 spiro atoms. The van der Waals surface area contributed by atoms with Gasteiger partial charge in [0.15, 0.2) is 0 Å². The first kappa shape index (κ1) is 19.1. The molecule has 7 heteroatoms. The number of hydrogen-bond donors (Lipinski definition) is 1. The third-order valence-electron chi connectivity index (χ3n) is 5.61. The Balaban J connectivity index is 1.37. The van der Waals surface area contributed by atoms with Crippen LogP contribution < -0.4 is 10.2 Å². The van der Waals surface area contributed by atoms with Crippen LogP contribution in [0.25, 0.3) is 0 Å². The molecule has 0 radical (unpaired) electrons. The van der Waals surface area contributed by atoms with Crippen LogP contribution in [0.5, 0.6) is 0 Å². The molecule has 2 fully saturated rings. The average Bonchev–Trinajstić information content (AvgIpc) is 3.20. The van der Waals surface area contributed by atoms with Crippen molar-refractivity contribution in [2.24, 2.45) is 5.92 Å². The summed E-state index contributed by atoms with van der Waals surface area (Å²) in [6.45, 7) is 1.78. The second kappa shape index (κ2) is 8.43. The van der Waals surface area contributed by atoms with E-state index < -0.39 is 0 Å². The number of nitrogens with zero attached hydrogens (tertiary/aromatic N) is 3. The number of aromatic nitrogens is 1. The molecule has 2 aliphatic rings. The molecular weight excluding hydrogens is 368 g/mol. The van der Waals surface area contributed by atoms with E-state index in [4.69, 9.17) is 0 Å². The molecule has 0 atom stereocenters. The van der Waals surface area contributed by atoms with Crippen molar-refractivity contribution in [1.29, 1.82) is 0 Å². The molecule has 0 aliphatic carbocycles. The highest BCUT2D eigenvalue weighted by molar-refractivity contribution is 6.02. The van der Waals surface area contributed by atoms with Crippen molar-refractivity contribution in [3.05, 3.63) is 54.4 Å². The van der Waals surface area contributed by atoms with Gasteiger partial charge in [-0.2, -0.15) is 0 Å². The zero-order valence-corrected chi connectivity index (χ0v) is 16.2. The number of benzene rings is 1. The summed E-state index contributed by atoms with van der Waals surface area (Å²) in [5.74, 6) is -0.141. The Kier molecular flexibility index (Phi) is 5.55. The molecule has 1 N–H and O–H groups in total. The minimum atomic E-state index is -0.154. The Morgan fingerprint density at radius 2 is 1.72 bits per heavy atom. The second-order valence-electron chi connectivity index (χ2n) is 7.46. The summed E-state index contributed by atoms with van der Waals surface area (Å²) in [6, 6.07) is 10.8. The van der Waals surface area contributed by atoms with Gasteiger partial charge in [0.25, 0.3) is 5.91 Å². The summed E-state index contributed by atoms with van der Waals surface area (Å²) in [4.78, 5) is 45.0. The van der Waals surface area contributed by atoms with Gasteiger partial charge in [-0.3, -0.25) is 19.4 Å². The van der Waals surface area contributed by atoms with Crippen LogP contribution in [0, 0.1) is 5.92 Å². The van der Waals surface area contributed by atoms with Crippen molar-refractivity contribution in [2.45, 2.75) is 25.7 Å². The van der Waals surface area contributed by atoms with E-state index >= 15 is 0 Å². The van der Waals surface area contributed by atoms with Crippen LogP contribution in [0.15, 0.2) is 48.8 Å². The van der Waals surface area contributed by atoms with Crippen LogP contribution in [0.2, 0.25) is 0 Å². The number of piperidine rings is 1. The summed E-state index contributed by atoms with van der Waals surface area (Å²) in [5, 5.41) is 3.01. The molecule has 0 bridgehead atoms. The van der Waals surface area contributed by atoms with Crippen LogP contribution in [-0.2, 0) is 9.59 Å². The molecule has 3 heterocycles. The summed E-state index contributed by atoms with van der Waals surface area (Å²) in [5.41, 5.74) is 2.05. The van der Waals surface area contributed by atoms with E-state index in [0.29, 0.717) is 50.1 Å². The Morgan fingerprint density at radius 1 is 1.00 bits per heavy atom. The van der Waals surface area contributed by atoms with Gasteiger partial charge in [-0.05, 0) is 43.5 Å². The van der Waals surface area contributed by atoms with Crippen molar-refractivity contribution in [3.63, 3.8) is 0 Å². The van der Waals surface area contributed by atoms with Gasteiger partial charge in [-0.25, -0.2) is 0 Å². The van der Waals surface area contributed by atoms with Gasteiger partial charge in [0.05, 0.1) is 11.4 Å². The largest absolute Gasteiger partial charge is 0.339 e. The monoisotopic (exact) mass is 392 g/mol. The minimum absolute atomic E-state index is 0.0239. The van der Waals surface area contributed by atoms with Crippen molar-refractivity contribution < 1.29 is 14.4 Å². The fourth-order valence-electron chi connectivity index (χ4n) is 3.97. The van der Waals surface area contributed by atoms with E-state index in [1.807, 2.05) is 24.3 Å². The zero-order valence-electron chi connectivity index (χ0n) is 16.2. The maximum Gasteiger partial charge on any atom is 0.253 e. The van der Waals surface area contributed by atoms with Gasteiger partial charge in [0.1, 0.15) is 0 Å². The van der Waals surface area contributed by atoms with Crippen LogP contribution >= 0.6 is 0 Å². The van der Waals surface area contributed by atoms with E-state index in [1.165, 1.54) is 0 Å². The SMILES string of the molecule is O=C(Nc1ccccc1N1CCCC1=O)C1CCN(C(=O)c2ccncc2)CC1. The maximum atomic E-state index is 12.8. The topological polar surface area (TPSA) is 82.6 Å². The molecular formula is C22H24N4O3. The highest BCUT2D eigenvalue weighted by Gasteiger charge is 2.29. The summed E-state index contributed by atoms with van der Waals surface area (Å²) in [7, 11) is 0. The van der Waals surface area contributed by atoms with E-state index in [-0.39, 0.29) is 23.6 Å². The molecule has 1 aromatic carbocycles. The number of likely N-dealkylation sites (tertiary alicyclic amines) is 1. The maximum absolute atomic E-state index is 12.8. The van der Waals surface area contributed by atoms with Crippen molar-refractivity contribution >= 4 is 29.1 Å². The van der Waals surface area contributed by atoms with Crippen LogP contribution in [0.3, 0.4) is 0 Å². The number of anilines is 2. The molecule has 2 aliphatic heterocycles. The Labute approximate surface area is 169 Å². The number of hydrogen-bond acceptors (Lipinski definition) is 4. The third kappa shape index (κ3) is 4.13. The van der Waals surface area contributed by atoms with Crippen LogP contribution in [0.1, 0.15) is 36.0 Å². The smallest absolute Gasteiger partial charge is 0.253 e. The van der Waals surface area contributed by atoms with Crippen molar-refractivity contribution in [1.82, 2.24) is 9.88 Å². The van der Waals surface area contributed by atoms with E-state index in [9.17, 15) is 14.4 Å². The molecule has 2 aromatic rings. The highest BCUT2D eigenvalue weighted by Crippen LogP contribution is 2.30. The van der Waals surface area contributed by atoms with Gasteiger partial charge < -0.3 is 15.1 Å². The standard InChI is InChI=1S/C22H24N4O3/c27-20-6-3-13-26(20)19-5-2-1-4-18(19)24-21(28)16-9-14-25(15-10-16)22(29)17-7-11-23-12-8-17/h1-2,4-5,7-8,11-12,16H,3,6,9-10,13-15H2,(H,24,28). The fourth-order valence-corrected chi connectivity index (χ4v) is 3.97. The lowest BCUT2D eigenvalue weighted by atomic mass is 9.95. The van der Waals surface area contributed by atoms with E-state index in [2.05, 4.69) is 10.3 Å².